The van der Waals surface area contributed by atoms with Gasteiger partial charge in [0.25, 0.3) is 0 Å². The first kappa shape index (κ1) is 34.4. The molecule has 40 heavy (non-hydrogen) atoms. The van der Waals surface area contributed by atoms with Gasteiger partial charge in [-0.05, 0) is 63.9 Å². The summed E-state index contributed by atoms with van der Waals surface area (Å²) in [5, 5.41) is 11.3. The van der Waals surface area contributed by atoms with Gasteiger partial charge in [-0.1, -0.05) is 71.4 Å². The van der Waals surface area contributed by atoms with Crippen molar-refractivity contribution in [1.29, 1.82) is 0 Å². The number of hydroxylamine groups is 2. The van der Waals surface area contributed by atoms with Gasteiger partial charge in [-0.2, -0.15) is 5.06 Å². The van der Waals surface area contributed by atoms with Gasteiger partial charge in [0.2, 0.25) is 0 Å². The SMILES string of the molecule is CCCCOC(=O)C(CC(OCCCCO)ON1C(C)(CC)CC(=O)C(C)C1(C)CC)CC(C)c1ccccc1. The molecule has 0 aliphatic carbocycles. The molecule has 1 heterocycles. The van der Waals surface area contributed by atoms with E-state index in [2.05, 4.69) is 53.7 Å². The second-order valence-corrected chi connectivity index (χ2v) is 12.1. The molecule has 1 aromatic rings. The van der Waals surface area contributed by atoms with E-state index in [-0.39, 0.29) is 30.2 Å². The number of aliphatic hydroxyl groups excluding tert-OH is 1. The van der Waals surface area contributed by atoms with Crippen LogP contribution in [0.2, 0.25) is 0 Å². The Kier molecular flexibility index (Phi) is 14.3. The van der Waals surface area contributed by atoms with Crippen molar-refractivity contribution >= 4 is 11.8 Å². The van der Waals surface area contributed by atoms with E-state index < -0.39 is 23.3 Å². The number of Topliss-reactive ketones (excluding diaryl/α,β-unsaturated/α-hetero) is 1. The fourth-order valence-electron chi connectivity index (χ4n) is 5.69. The molecule has 228 valence electrons. The molecule has 1 aromatic carbocycles. The number of unbranched alkanes of at least 4 members (excludes halogenated alkanes) is 2. The molecule has 1 aliphatic rings. The zero-order chi connectivity index (χ0) is 29.8. The second-order valence-electron chi connectivity index (χ2n) is 12.1. The van der Waals surface area contributed by atoms with E-state index >= 15 is 0 Å². The van der Waals surface area contributed by atoms with E-state index in [0.717, 1.165) is 25.7 Å². The van der Waals surface area contributed by atoms with Gasteiger partial charge in [0.15, 0.2) is 6.29 Å². The largest absolute Gasteiger partial charge is 0.465 e. The average molecular weight is 562 g/mol. The Morgan fingerprint density at radius 2 is 1.75 bits per heavy atom. The molecule has 0 bridgehead atoms. The van der Waals surface area contributed by atoms with Gasteiger partial charge in [0.1, 0.15) is 5.78 Å². The molecule has 6 unspecified atom stereocenters. The van der Waals surface area contributed by atoms with Crippen molar-refractivity contribution < 1.29 is 29.0 Å². The summed E-state index contributed by atoms with van der Waals surface area (Å²) in [6, 6.07) is 10.2. The Morgan fingerprint density at radius 1 is 1.05 bits per heavy atom. The van der Waals surface area contributed by atoms with Crippen molar-refractivity contribution in [2.75, 3.05) is 19.8 Å². The minimum Gasteiger partial charge on any atom is -0.465 e. The highest BCUT2D eigenvalue weighted by molar-refractivity contribution is 5.84. The topological polar surface area (TPSA) is 85.3 Å². The van der Waals surface area contributed by atoms with E-state index in [1.807, 2.05) is 30.2 Å². The quantitative estimate of drug-likeness (QED) is 0.119. The molecular weight excluding hydrogens is 506 g/mol. The van der Waals surface area contributed by atoms with Crippen LogP contribution in [-0.2, 0) is 23.9 Å². The van der Waals surface area contributed by atoms with E-state index in [1.54, 1.807) is 0 Å². The summed E-state index contributed by atoms with van der Waals surface area (Å²) >= 11 is 0. The highest BCUT2D eigenvalue weighted by atomic mass is 16.8. The molecule has 2 rings (SSSR count). The lowest BCUT2D eigenvalue weighted by Gasteiger charge is -2.56. The molecule has 1 N–H and O–H groups in total. The van der Waals surface area contributed by atoms with Crippen molar-refractivity contribution in [1.82, 2.24) is 5.06 Å². The molecule has 1 fully saturated rings. The van der Waals surface area contributed by atoms with Crippen LogP contribution in [0, 0.1) is 11.8 Å². The smallest absolute Gasteiger partial charge is 0.309 e. The predicted molar refractivity (Wildman–Crippen MR) is 159 cm³/mol. The number of piperidine rings is 1. The van der Waals surface area contributed by atoms with Crippen molar-refractivity contribution in [2.45, 2.75) is 130 Å². The monoisotopic (exact) mass is 561 g/mol. The third kappa shape index (κ3) is 9.10. The summed E-state index contributed by atoms with van der Waals surface area (Å²) in [5.74, 6) is -0.431. The molecule has 0 aromatic heterocycles. The Hall–Kier alpha value is -1.80. The number of carbonyl (C=O) groups excluding carboxylic acids is 2. The van der Waals surface area contributed by atoms with Gasteiger partial charge in [-0.3, -0.25) is 14.4 Å². The summed E-state index contributed by atoms with van der Waals surface area (Å²) in [6.07, 6.45) is 5.25. The van der Waals surface area contributed by atoms with E-state index in [9.17, 15) is 14.7 Å². The lowest BCUT2D eigenvalue weighted by Crippen LogP contribution is -2.67. The van der Waals surface area contributed by atoms with Crippen LogP contribution in [-0.4, -0.2) is 59.1 Å². The molecular formula is C33H55NO6. The maximum absolute atomic E-state index is 13.4. The summed E-state index contributed by atoms with van der Waals surface area (Å²) in [5.41, 5.74) is 0.173. The van der Waals surface area contributed by atoms with Crippen LogP contribution in [0.25, 0.3) is 0 Å². The number of nitrogens with zero attached hydrogens (tertiary/aromatic N) is 1. The number of hydrogen-bond donors (Lipinski definition) is 1. The highest BCUT2D eigenvalue weighted by Gasteiger charge is 2.54. The minimum absolute atomic E-state index is 0.101. The Labute approximate surface area is 242 Å². The van der Waals surface area contributed by atoms with Crippen LogP contribution < -0.4 is 0 Å². The van der Waals surface area contributed by atoms with E-state index in [1.165, 1.54) is 5.56 Å². The first-order valence-electron chi connectivity index (χ1n) is 15.5. The van der Waals surface area contributed by atoms with Crippen LogP contribution in [0.1, 0.15) is 118 Å². The summed E-state index contributed by atoms with van der Waals surface area (Å²) in [4.78, 5) is 33.3. The zero-order valence-corrected chi connectivity index (χ0v) is 26.1. The van der Waals surface area contributed by atoms with Gasteiger partial charge in [0.05, 0.1) is 23.6 Å². The summed E-state index contributed by atoms with van der Waals surface area (Å²) in [7, 11) is 0. The maximum atomic E-state index is 13.4. The predicted octanol–water partition coefficient (Wildman–Crippen LogP) is 6.82. The molecule has 7 heteroatoms. The lowest BCUT2D eigenvalue weighted by atomic mass is 9.70. The molecule has 0 amide bonds. The number of esters is 1. The van der Waals surface area contributed by atoms with Gasteiger partial charge in [-0.25, -0.2) is 0 Å². The summed E-state index contributed by atoms with van der Waals surface area (Å²) < 4.78 is 12.0. The molecule has 7 nitrogen and oxygen atoms in total. The van der Waals surface area contributed by atoms with Crippen molar-refractivity contribution in [2.24, 2.45) is 11.8 Å². The molecule has 0 radical (unpaired) electrons. The fourth-order valence-corrected chi connectivity index (χ4v) is 5.69. The van der Waals surface area contributed by atoms with Crippen molar-refractivity contribution in [3.63, 3.8) is 0 Å². The summed E-state index contributed by atoms with van der Waals surface area (Å²) in [6.45, 7) is 15.5. The average Bonchev–Trinajstić information content (AvgIpc) is 2.96. The normalized spacial score (nSPS) is 25.9. The van der Waals surface area contributed by atoms with Crippen LogP contribution in [0.3, 0.4) is 0 Å². The molecule has 0 spiro atoms. The molecule has 1 aliphatic heterocycles. The standard InChI is InChI=1S/C33H55NO6/c1-8-11-20-39-31(37)28(22-25(4)27-17-13-12-14-18-27)23-30(38-21-16-15-19-35)40-34-32(6,9-2)24-29(36)26(5)33(34,7)10-3/h12-14,17-18,25-26,28,30,35H,8-11,15-16,19-24H2,1-7H3. The highest BCUT2D eigenvalue weighted by Crippen LogP contribution is 2.45. The third-order valence-electron chi connectivity index (χ3n) is 9.04. The van der Waals surface area contributed by atoms with Crippen LogP contribution >= 0.6 is 0 Å². The van der Waals surface area contributed by atoms with Gasteiger partial charge < -0.3 is 14.6 Å². The van der Waals surface area contributed by atoms with Gasteiger partial charge >= 0.3 is 5.97 Å². The number of carbonyl (C=O) groups is 2. The van der Waals surface area contributed by atoms with Crippen LogP contribution in [0.5, 0.6) is 0 Å². The molecule has 1 saturated heterocycles. The maximum Gasteiger partial charge on any atom is 0.309 e. The number of ketones is 1. The number of hydrogen-bond acceptors (Lipinski definition) is 7. The number of benzene rings is 1. The van der Waals surface area contributed by atoms with Crippen LogP contribution in [0.15, 0.2) is 30.3 Å². The van der Waals surface area contributed by atoms with Gasteiger partial charge in [-0.15, -0.1) is 0 Å². The Balaban J connectivity index is 2.37. The van der Waals surface area contributed by atoms with Crippen molar-refractivity contribution in [3.8, 4) is 0 Å². The minimum atomic E-state index is -0.692. The number of ether oxygens (including phenoxy) is 2. The van der Waals surface area contributed by atoms with Crippen LogP contribution in [0.4, 0.5) is 0 Å². The third-order valence-corrected chi connectivity index (χ3v) is 9.04. The Bertz CT molecular complexity index is 894. The Morgan fingerprint density at radius 3 is 2.35 bits per heavy atom. The van der Waals surface area contributed by atoms with Gasteiger partial charge in [0, 0.05) is 32.0 Å². The fraction of sp³-hybridized carbons (Fsp3) is 0.758. The number of aliphatic hydroxyl groups is 1. The second kappa shape index (κ2) is 16.6. The first-order valence-corrected chi connectivity index (χ1v) is 15.5. The molecule has 0 saturated carbocycles. The molecule has 6 atom stereocenters. The number of rotatable bonds is 18. The van der Waals surface area contributed by atoms with E-state index in [4.69, 9.17) is 14.3 Å². The van der Waals surface area contributed by atoms with Crippen molar-refractivity contribution in [3.05, 3.63) is 35.9 Å². The lowest BCUT2D eigenvalue weighted by molar-refractivity contribution is -0.363. The zero-order valence-electron chi connectivity index (χ0n) is 26.1. The van der Waals surface area contributed by atoms with E-state index in [0.29, 0.717) is 45.3 Å². The first-order chi connectivity index (χ1) is 19.1.